The monoisotopic (exact) mass is 221 g/mol. The van der Waals surface area contributed by atoms with Crippen LogP contribution in [-0.4, -0.2) is 24.0 Å². The van der Waals surface area contributed by atoms with Crippen molar-refractivity contribution in [2.24, 2.45) is 0 Å². The van der Waals surface area contributed by atoms with Crippen LogP contribution in [0.4, 0.5) is 0 Å². The van der Waals surface area contributed by atoms with E-state index in [0.29, 0.717) is 17.9 Å². The standard InChI is InChI=1S/C10H12BNO4/c1-2-5-15-10-4-3-9(16-11(13)14)6-8(10)7-12/h3-4,6,13-14H,2,5H2,1H3. The molecule has 0 aromatic heterocycles. The van der Waals surface area contributed by atoms with Crippen molar-refractivity contribution in [2.45, 2.75) is 13.3 Å². The van der Waals surface area contributed by atoms with Gasteiger partial charge in [-0.2, -0.15) is 5.26 Å². The summed E-state index contributed by atoms with van der Waals surface area (Å²) in [5.41, 5.74) is 0.298. The highest BCUT2D eigenvalue weighted by molar-refractivity contribution is 6.33. The van der Waals surface area contributed by atoms with Gasteiger partial charge in [0.2, 0.25) is 0 Å². The van der Waals surface area contributed by atoms with Gasteiger partial charge in [0.25, 0.3) is 0 Å². The van der Waals surface area contributed by atoms with Gasteiger partial charge in [0, 0.05) is 0 Å². The van der Waals surface area contributed by atoms with Crippen molar-refractivity contribution in [3.8, 4) is 17.6 Å². The summed E-state index contributed by atoms with van der Waals surface area (Å²) in [6.07, 6.45) is 0.846. The highest BCUT2D eigenvalue weighted by Gasteiger charge is 2.13. The van der Waals surface area contributed by atoms with Gasteiger partial charge in [0.1, 0.15) is 17.6 Å². The Hall–Kier alpha value is -1.71. The van der Waals surface area contributed by atoms with Crippen molar-refractivity contribution in [2.75, 3.05) is 6.61 Å². The van der Waals surface area contributed by atoms with Crippen molar-refractivity contribution >= 4 is 7.32 Å². The van der Waals surface area contributed by atoms with E-state index in [-0.39, 0.29) is 5.75 Å². The smallest absolute Gasteiger partial charge is 0.512 e. The molecule has 1 aromatic carbocycles. The third-order valence-corrected chi connectivity index (χ3v) is 1.77. The molecule has 0 heterocycles. The van der Waals surface area contributed by atoms with E-state index in [1.54, 1.807) is 6.07 Å². The third-order valence-electron chi connectivity index (χ3n) is 1.77. The molecule has 0 unspecified atom stereocenters. The van der Waals surface area contributed by atoms with Crippen LogP contribution < -0.4 is 9.39 Å². The molecule has 0 atom stereocenters. The molecule has 1 aromatic rings. The fourth-order valence-electron chi connectivity index (χ4n) is 1.13. The van der Waals surface area contributed by atoms with Crippen LogP contribution in [0.1, 0.15) is 18.9 Å². The lowest BCUT2D eigenvalue weighted by Gasteiger charge is -2.09. The molecule has 0 bridgehead atoms. The molecule has 2 N–H and O–H groups in total. The van der Waals surface area contributed by atoms with Crippen LogP contribution in [0.3, 0.4) is 0 Å². The second-order valence-electron chi connectivity index (χ2n) is 3.06. The minimum Gasteiger partial charge on any atom is -0.512 e. The summed E-state index contributed by atoms with van der Waals surface area (Å²) in [6, 6.07) is 6.41. The van der Waals surface area contributed by atoms with Gasteiger partial charge in [0.15, 0.2) is 0 Å². The van der Waals surface area contributed by atoms with E-state index >= 15 is 0 Å². The van der Waals surface area contributed by atoms with E-state index < -0.39 is 7.32 Å². The Kier molecular flexibility index (Phi) is 4.64. The van der Waals surface area contributed by atoms with Crippen LogP contribution in [0, 0.1) is 11.3 Å². The minimum atomic E-state index is -1.89. The maximum Gasteiger partial charge on any atom is 0.707 e. The second kappa shape index (κ2) is 6.00. The lowest BCUT2D eigenvalue weighted by molar-refractivity contribution is 0.287. The number of hydrogen-bond donors (Lipinski definition) is 2. The van der Waals surface area contributed by atoms with Gasteiger partial charge >= 0.3 is 7.32 Å². The normalized spacial score (nSPS) is 9.38. The molecule has 16 heavy (non-hydrogen) atoms. The molecule has 0 aliphatic rings. The Labute approximate surface area is 94.0 Å². The Morgan fingerprint density at radius 2 is 2.19 bits per heavy atom. The van der Waals surface area contributed by atoms with Gasteiger partial charge in [-0.3, -0.25) is 0 Å². The van der Waals surface area contributed by atoms with Crippen LogP contribution >= 0.6 is 0 Å². The number of nitriles is 1. The summed E-state index contributed by atoms with van der Waals surface area (Å²) in [6.45, 7) is 2.49. The first-order chi connectivity index (χ1) is 7.67. The van der Waals surface area contributed by atoms with Crippen LogP contribution in [0.2, 0.25) is 0 Å². The zero-order valence-corrected chi connectivity index (χ0v) is 8.88. The molecule has 6 heteroatoms. The van der Waals surface area contributed by atoms with Crippen molar-refractivity contribution in [1.82, 2.24) is 0 Å². The highest BCUT2D eigenvalue weighted by atomic mass is 16.6. The Balaban J connectivity index is 2.85. The van der Waals surface area contributed by atoms with Gasteiger partial charge in [-0.25, -0.2) is 0 Å². The lowest BCUT2D eigenvalue weighted by Crippen LogP contribution is -2.20. The molecule has 0 aliphatic carbocycles. The molecule has 0 aliphatic heterocycles. The number of benzene rings is 1. The van der Waals surface area contributed by atoms with Crippen LogP contribution in [0.25, 0.3) is 0 Å². The van der Waals surface area contributed by atoms with E-state index in [2.05, 4.69) is 4.65 Å². The predicted octanol–water partition coefficient (Wildman–Crippen LogP) is 0.695. The van der Waals surface area contributed by atoms with Crippen LogP contribution in [-0.2, 0) is 0 Å². The third kappa shape index (κ3) is 3.46. The molecule has 0 radical (unpaired) electrons. The first kappa shape index (κ1) is 12.4. The van der Waals surface area contributed by atoms with Crippen molar-refractivity contribution in [1.29, 1.82) is 5.26 Å². The molecular formula is C10H12BNO4. The molecule has 5 nitrogen and oxygen atoms in total. The van der Waals surface area contributed by atoms with E-state index in [1.807, 2.05) is 13.0 Å². The van der Waals surface area contributed by atoms with Gasteiger partial charge in [0.05, 0.1) is 12.2 Å². The maximum atomic E-state index is 8.87. The quantitative estimate of drug-likeness (QED) is 0.715. The second-order valence-corrected chi connectivity index (χ2v) is 3.06. The average molecular weight is 221 g/mol. The first-order valence-electron chi connectivity index (χ1n) is 4.87. The summed E-state index contributed by atoms with van der Waals surface area (Å²) in [5.74, 6) is 0.666. The fourth-order valence-corrected chi connectivity index (χ4v) is 1.13. The highest BCUT2D eigenvalue weighted by Crippen LogP contribution is 2.23. The van der Waals surface area contributed by atoms with Gasteiger partial charge < -0.3 is 19.4 Å². The van der Waals surface area contributed by atoms with Gasteiger partial charge in [-0.05, 0) is 24.6 Å². The predicted molar refractivity (Wildman–Crippen MR) is 57.8 cm³/mol. The molecule has 84 valence electrons. The summed E-state index contributed by atoms with van der Waals surface area (Å²) in [5, 5.41) is 26.1. The summed E-state index contributed by atoms with van der Waals surface area (Å²) >= 11 is 0. The van der Waals surface area contributed by atoms with E-state index in [0.717, 1.165) is 6.42 Å². The van der Waals surface area contributed by atoms with E-state index in [4.69, 9.17) is 20.0 Å². The molecule has 0 spiro atoms. The van der Waals surface area contributed by atoms with Crippen molar-refractivity contribution < 1.29 is 19.4 Å². The SMILES string of the molecule is CCCOc1ccc(OB(O)O)cc1C#N. The molecule has 0 fully saturated rings. The van der Waals surface area contributed by atoms with Crippen LogP contribution in [0.5, 0.6) is 11.5 Å². The molecular weight excluding hydrogens is 209 g/mol. The number of rotatable bonds is 5. The van der Waals surface area contributed by atoms with Gasteiger partial charge in [-0.1, -0.05) is 6.92 Å². The molecule has 0 amide bonds. The Morgan fingerprint density at radius 3 is 2.75 bits per heavy atom. The largest absolute Gasteiger partial charge is 0.707 e. The van der Waals surface area contributed by atoms with Crippen molar-refractivity contribution in [3.63, 3.8) is 0 Å². The summed E-state index contributed by atoms with van der Waals surface area (Å²) < 4.78 is 9.95. The first-order valence-corrected chi connectivity index (χ1v) is 4.87. The van der Waals surface area contributed by atoms with Crippen LogP contribution in [0.15, 0.2) is 18.2 Å². The molecule has 0 saturated carbocycles. The van der Waals surface area contributed by atoms with Crippen molar-refractivity contribution in [3.05, 3.63) is 23.8 Å². The number of ether oxygens (including phenoxy) is 1. The zero-order chi connectivity index (χ0) is 12.0. The Morgan fingerprint density at radius 1 is 1.44 bits per heavy atom. The molecule has 0 saturated heterocycles. The lowest BCUT2D eigenvalue weighted by atomic mass is 10.2. The fraction of sp³-hybridized carbons (Fsp3) is 0.300. The van der Waals surface area contributed by atoms with Gasteiger partial charge in [-0.15, -0.1) is 0 Å². The number of hydrogen-bond acceptors (Lipinski definition) is 5. The molecule has 1 rings (SSSR count). The summed E-state index contributed by atoms with van der Waals surface area (Å²) in [4.78, 5) is 0. The topological polar surface area (TPSA) is 82.7 Å². The van der Waals surface area contributed by atoms with E-state index in [9.17, 15) is 0 Å². The summed E-state index contributed by atoms with van der Waals surface area (Å²) in [7, 11) is -1.89. The van der Waals surface area contributed by atoms with E-state index in [1.165, 1.54) is 12.1 Å². The maximum absolute atomic E-state index is 8.87. The average Bonchev–Trinajstić information content (AvgIpc) is 2.26. The zero-order valence-electron chi connectivity index (χ0n) is 8.88. The number of nitrogens with zero attached hydrogens (tertiary/aromatic N) is 1. The minimum absolute atomic E-state index is 0.204. The Bertz CT molecular complexity index is 389.